The smallest absolute Gasteiger partial charge is 0.0412 e. The largest absolute Gasteiger partial charge is 0.310 e. The van der Waals surface area contributed by atoms with Gasteiger partial charge in [-0.05, 0) is 31.5 Å². The summed E-state index contributed by atoms with van der Waals surface area (Å²) in [6.07, 6.45) is 0. The van der Waals surface area contributed by atoms with Gasteiger partial charge in [-0.3, -0.25) is 0 Å². The van der Waals surface area contributed by atoms with Gasteiger partial charge in [0.2, 0.25) is 0 Å². The Labute approximate surface area is 133 Å². The number of benzene rings is 2. The molecule has 0 saturated carbocycles. The number of nitrogens with one attached hydrogen (secondary N) is 1. The van der Waals surface area contributed by atoms with Crippen molar-refractivity contribution in [2.45, 2.75) is 32.6 Å². The quantitative estimate of drug-likeness (QED) is 0.781. The zero-order chi connectivity index (χ0) is 15.1. The summed E-state index contributed by atoms with van der Waals surface area (Å²) in [4.78, 5) is 0. The molecule has 0 spiro atoms. The average Bonchev–Trinajstić information content (AvgIpc) is 2.46. The minimum Gasteiger partial charge on any atom is -0.310 e. The second-order valence-corrected chi connectivity index (χ2v) is 6.56. The van der Waals surface area contributed by atoms with Crippen molar-refractivity contribution in [1.29, 1.82) is 0 Å². The lowest BCUT2D eigenvalue weighted by Crippen LogP contribution is -2.23. The normalized spacial score (nSPS) is 12.3. The molecule has 0 aliphatic heterocycles. The summed E-state index contributed by atoms with van der Waals surface area (Å²) in [6, 6.07) is 18.0. The Morgan fingerprint density at radius 2 is 1.67 bits per heavy atom. The second-order valence-electron chi connectivity index (χ2n) is 5.53. The summed E-state index contributed by atoms with van der Waals surface area (Å²) in [7, 11) is 0. The number of rotatable bonds is 7. The molecule has 0 aliphatic carbocycles. The fraction of sp³-hybridized carbons (Fsp3) is 0.368. The van der Waals surface area contributed by atoms with Gasteiger partial charge < -0.3 is 5.32 Å². The van der Waals surface area contributed by atoms with E-state index in [4.69, 9.17) is 0 Å². The summed E-state index contributed by atoms with van der Waals surface area (Å²) in [5, 5.41) is 3.62. The van der Waals surface area contributed by atoms with Crippen molar-refractivity contribution in [3.8, 4) is 0 Å². The third kappa shape index (κ3) is 5.22. The lowest BCUT2D eigenvalue weighted by Gasteiger charge is -2.19. The monoisotopic (exact) mass is 299 g/mol. The maximum Gasteiger partial charge on any atom is 0.0412 e. The van der Waals surface area contributed by atoms with Crippen LogP contribution in [-0.2, 0) is 5.75 Å². The summed E-state index contributed by atoms with van der Waals surface area (Å²) in [6.45, 7) is 7.54. The molecule has 0 aromatic heterocycles. The Balaban J connectivity index is 1.98. The molecule has 2 heteroatoms. The summed E-state index contributed by atoms with van der Waals surface area (Å²) < 4.78 is 0. The van der Waals surface area contributed by atoms with Gasteiger partial charge in [0.1, 0.15) is 0 Å². The Morgan fingerprint density at radius 1 is 1.00 bits per heavy atom. The van der Waals surface area contributed by atoms with E-state index >= 15 is 0 Å². The van der Waals surface area contributed by atoms with Crippen LogP contribution in [-0.4, -0.2) is 12.3 Å². The van der Waals surface area contributed by atoms with E-state index in [1.807, 2.05) is 11.8 Å². The molecule has 2 rings (SSSR count). The molecule has 1 nitrogen and oxygen atoms in total. The number of thioether (sulfide) groups is 1. The van der Waals surface area contributed by atoms with Crippen LogP contribution in [0.15, 0.2) is 48.5 Å². The highest BCUT2D eigenvalue weighted by atomic mass is 32.2. The molecule has 0 bridgehead atoms. The van der Waals surface area contributed by atoms with Crippen LogP contribution in [0, 0.1) is 13.8 Å². The van der Waals surface area contributed by atoms with Crippen molar-refractivity contribution in [1.82, 2.24) is 5.32 Å². The number of aryl methyl sites for hydroxylation is 2. The first-order valence-electron chi connectivity index (χ1n) is 7.62. The van der Waals surface area contributed by atoms with Crippen LogP contribution in [0.25, 0.3) is 0 Å². The van der Waals surface area contributed by atoms with Crippen LogP contribution in [0.1, 0.15) is 35.2 Å². The van der Waals surface area contributed by atoms with E-state index in [1.54, 1.807) is 0 Å². The van der Waals surface area contributed by atoms with Crippen LogP contribution < -0.4 is 5.32 Å². The molecule has 0 aliphatic rings. The maximum atomic E-state index is 3.62. The first-order valence-corrected chi connectivity index (χ1v) is 8.77. The highest BCUT2D eigenvalue weighted by molar-refractivity contribution is 7.98. The van der Waals surface area contributed by atoms with E-state index in [1.165, 1.54) is 22.3 Å². The van der Waals surface area contributed by atoms with E-state index in [-0.39, 0.29) is 0 Å². The molecule has 0 radical (unpaired) electrons. The average molecular weight is 299 g/mol. The molecule has 1 unspecified atom stereocenters. The predicted molar refractivity (Wildman–Crippen MR) is 94.9 cm³/mol. The number of hydrogen-bond donors (Lipinski definition) is 1. The molecule has 21 heavy (non-hydrogen) atoms. The van der Waals surface area contributed by atoms with Gasteiger partial charge in [-0.25, -0.2) is 0 Å². The lowest BCUT2D eigenvalue weighted by atomic mass is 10.0. The molecular weight excluding hydrogens is 274 g/mol. The van der Waals surface area contributed by atoms with Gasteiger partial charge in [0.15, 0.2) is 0 Å². The summed E-state index contributed by atoms with van der Waals surface area (Å²) in [5.41, 5.74) is 5.51. The van der Waals surface area contributed by atoms with Gasteiger partial charge in [0, 0.05) is 17.5 Å². The van der Waals surface area contributed by atoms with Crippen molar-refractivity contribution in [3.63, 3.8) is 0 Å². The zero-order valence-corrected chi connectivity index (χ0v) is 14.0. The van der Waals surface area contributed by atoms with Gasteiger partial charge in [0.25, 0.3) is 0 Å². The van der Waals surface area contributed by atoms with Gasteiger partial charge in [-0.2, -0.15) is 11.8 Å². The first kappa shape index (κ1) is 16.1. The number of hydrogen-bond acceptors (Lipinski definition) is 2. The van der Waals surface area contributed by atoms with Gasteiger partial charge >= 0.3 is 0 Å². The molecule has 1 atom stereocenters. The second kappa shape index (κ2) is 8.26. The van der Waals surface area contributed by atoms with Gasteiger partial charge in [0.05, 0.1) is 0 Å². The maximum absolute atomic E-state index is 3.62. The van der Waals surface area contributed by atoms with Crippen LogP contribution >= 0.6 is 11.8 Å². The fourth-order valence-corrected chi connectivity index (χ4v) is 3.69. The summed E-state index contributed by atoms with van der Waals surface area (Å²) >= 11 is 2.00. The molecule has 112 valence electrons. The molecule has 0 heterocycles. The fourth-order valence-electron chi connectivity index (χ4n) is 2.60. The van der Waals surface area contributed by atoms with E-state index in [2.05, 4.69) is 74.6 Å². The van der Waals surface area contributed by atoms with Crippen molar-refractivity contribution >= 4 is 11.8 Å². The summed E-state index contributed by atoms with van der Waals surface area (Å²) in [5.74, 6) is 2.18. The van der Waals surface area contributed by atoms with E-state index in [0.717, 1.165) is 18.1 Å². The van der Waals surface area contributed by atoms with Gasteiger partial charge in [-0.15, -0.1) is 0 Å². The Hall–Kier alpha value is -1.25. The Kier molecular flexibility index (Phi) is 6.34. The van der Waals surface area contributed by atoms with Crippen molar-refractivity contribution in [2.24, 2.45) is 0 Å². The van der Waals surface area contributed by atoms with E-state index in [0.29, 0.717) is 6.04 Å². The minimum absolute atomic E-state index is 0.433. The molecule has 0 amide bonds. The van der Waals surface area contributed by atoms with Crippen LogP contribution in [0.4, 0.5) is 0 Å². The highest BCUT2D eigenvalue weighted by Gasteiger charge is 2.11. The Bertz CT molecular complexity index is 530. The van der Waals surface area contributed by atoms with Crippen molar-refractivity contribution < 1.29 is 0 Å². The first-order chi connectivity index (χ1) is 10.2. The molecule has 2 aromatic rings. The topological polar surface area (TPSA) is 12.0 Å². The van der Waals surface area contributed by atoms with Gasteiger partial charge in [-0.1, -0.05) is 66.6 Å². The lowest BCUT2D eigenvalue weighted by molar-refractivity contribution is 0.605. The predicted octanol–water partition coefficient (Wildman–Crippen LogP) is 4.89. The molecule has 0 fully saturated rings. The molecule has 0 saturated heterocycles. The van der Waals surface area contributed by atoms with Crippen LogP contribution in [0.2, 0.25) is 0 Å². The third-order valence-corrected chi connectivity index (χ3v) is 4.60. The molecular formula is C19H25NS. The van der Waals surface area contributed by atoms with E-state index in [9.17, 15) is 0 Å². The minimum atomic E-state index is 0.433. The van der Waals surface area contributed by atoms with Crippen LogP contribution in [0.3, 0.4) is 0 Å². The van der Waals surface area contributed by atoms with Crippen LogP contribution in [0.5, 0.6) is 0 Å². The highest BCUT2D eigenvalue weighted by Crippen LogP contribution is 2.23. The third-order valence-electron chi connectivity index (χ3n) is 3.49. The Morgan fingerprint density at radius 3 is 2.29 bits per heavy atom. The molecule has 2 aromatic carbocycles. The van der Waals surface area contributed by atoms with E-state index < -0.39 is 0 Å². The SMILES string of the molecule is CCNC(CSCc1ccccc1)c1cc(C)cc(C)c1. The molecule has 1 N–H and O–H groups in total. The van der Waals surface area contributed by atoms with Crippen molar-refractivity contribution in [3.05, 3.63) is 70.8 Å². The van der Waals surface area contributed by atoms with Crippen molar-refractivity contribution in [2.75, 3.05) is 12.3 Å². The standard InChI is InChI=1S/C19H25NS/c1-4-20-19(18-11-15(2)10-16(3)12-18)14-21-13-17-8-6-5-7-9-17/h5-12,19-20H,4,13-14H2,1-3H3. The zero-order valence-electron chi connectivity index (χ0n) is 13.2.